The number of fused-ring (bicyclic) bond motifs is 1. The summed E-state index contributed by atoms with van der Waals surface area (Å²) >= 11 is 0. The molecule has 102 valence electrons. The van der Waals surface area contributed by atoms with Crippen molar-refractivity contribution in [2.45, 2.75) is 26.5 Å². The predicted molar refractivity (Wildman–Crippen MR) is 76.7 cm³/mol. The van der Waals surface area contributed by atoms with Gasteiger partial charge in [0.15, 0.2) is 6.10 Å². The van der Waals surface area contributed by atoms with Crippen LogP contribution in [0, 0.1) is 6.92 Å². The maximum absolute atomic E-state index is 12.4. The third-order valence-corrected chi connectivity index (χ3v) is 3.39. The molecule has 0 aliphatic carbocycles. The second-order valence-corrected chi connectivity index (χ2v) is 5.02. The molecule has 20 heavy (non-hydrogen) atoms. The largest absolute Gasteiger partial charge is 0.479 e. The number of benzene rings is 1. The van der Waals surface area contributed by atoms with E-state index in [2.05, 4.69) is 4.98 Å². The van der Waals surface area contributed by atoms with Gasteiger partial charge in [-0.15, -0.1) is 0 Å². The molecule has 1 aliphatic rings. The fraction of sp³-hybridized carbons (Fsp3) is 0.250. The lowest BCUT2D eigenvalue weighted by Crippen LogP contribution is -2.44. The zero-order valence-electron chi connectivity index (χ0n) is 11.5. The van der Waals surface area contributed by atoms with Crippen LogP contribution < -0.4 is 9.64 Å². The average Bonchev–Trinajstić information content (AvgIpc) is 2.46. The standard InChI is InChI=1S/C16H16N2O2/c1-11-5-6-15-14(8-11)18(16(19)12(2)20-15)10-13-4-3-7-17-9-13/h3-9,12H,10H2,1-2H3. The smallest absolute Gasteiger partial charge is 0.268 e. The summed E-state index contributed by atoms with van der Waals surface area (Å²) in [5.41, 5.74) is 2.94. The van der Waals surface area contributed by atoms with Gasteiger partial charge >= 0.3 is 0 Å². The van der Waals surface area contributed by atoms with Crippen LogP contribution >= 0.6 is 0 Å². The first kappa shape index (κ1) is 12.7. The molecule has 4 heteroatoms. The molecular weight excluding hydrogens is 252 g/mol. The van der Waals surface area contributed by atoms with Crippen molar-refractivity contribution in [1.82, 2.24) is 4.98 Å². The van der Waals surface area contributed by atoms with Gasteiger partial charge < -0.3 is 9.64 Å². The monoisotopic (exact) mass is 268 g/mol. The van der Waals surface area contributed by atoms with Crippen LogP contribution in [-0.2, 0) is 11.3 Å². The molecule has 1 aromatic heterocycles. The lowest BCUT2D eigenvalue weighted by Gasteiger charge is -2.33. The van der Waals surface area contributed by atoms with Gasteiger partial charge in [0.1, 0.15) is 5.75 Å². The maximum Gasteiger partial charge on any atom is 0.268 e. The number of amides is 1. The summed E-state index contributed by atoms with van der Waals surface area (Å²) < 4.78 is 5.66. The quantitative estimate of drug-likeness (QED) is 0.841. The van der Waals surface area contributed by atoms with Crippen LogP contribution in [0.25, 0.3) is 0 Å². The highest BCUT2D eigenvalue weighted by atomic mass is 16.5. The summed E-state index contributed by atoms with van der Waals surface area (Å²) in [4.78, 5) is 18.3. The fourth-order valence-corrected chi connectivity index (χ4v) is 2.35. The number of anilines is 1. The van der Waals surface area contributed by atoms with Crippen LogP contribution in [0.2, 0.25) is 0 Å². The Labute approximate surface area is 118 Å². The SMILES string of the molecule is Cc1ccc2c(c1)N(Cc1cccnc1)C(=O)C(C)O2. The molecule has 1 atom stereocenters. The predicted octanol–water partition coefficient (Wildman–Crippen LogP) is 2.70. The minimum Gasteiger partial charge on any atom is -0.479 e. The van der Waals surface area contributed by atoms with E-state index < -0.39 is 6.10 Å². The van der Waals surface area contributed by atoms with Crippen LogP contribution in [0.5, 0.6) is 5.75 Å². The summed E-state index contributed by atoms with van der Waals surface area (Å²) in [7, 11) is 0. The Bertz CT molecular complexity index is 640. The fourth-order valence-electron chi connectivity index (χ4n) is 2.35. The van der Waals surface area contributed by atoms with Gasteiger partial charge in [-0.05, 0) is 43.2 Å². The number of ether oxygens (including phenoxy) is 1. The first-order chi connectivity index (χ1) is 9.65. The molecule has 0 bridgehead atoms. The number of nitrogens with zero attached hydrogens (tertiary/aromatic N) is 2. The van der Waals surface area contributed by atoms with Crippen molar-refractivity contribution in [3.05, 3.63) is 53.9 Å². The number of carbonyl (C=O) groups excluding carboxylic acids is 1. The minimum atomic E-state index is -0.457. The molecule has 2 heterocycles. The molecule has 0 N–H and O–H groups in total. The zero-order valence-corrected chi connectivity index (χ0v) is 11.5. The molecule has 1 amide bonds. The Hall–Kier alpha value is -2.36. The van der Waals surface area contributed by atoms with E-state index in [4.69, 9.17) is 4.74 Å². The molecule has 0 fully saturated rings. The van der Waals surface area contributed by atoms with Crippen molar-refractivity contribution in [1.29, 1.82) is 0 Å². The van der Waals surface area contributed by atoms with Crippen LogP contribution in [0.4, 0.5) is 5.69 Å². The molecule has 1 aliphatic heterocycles. The van der Waals surface area contributed by atoms with E-state index in [1.54, 1.807) is 24.2 Å². The third-order valence-electron chi connectivity index (χ3n) is 3.39. The number of hydrogen-bond donors (Lipinski definition) is 0. The van der Waals surface area contributed by atoms with Gasteiger partial charge in [0.05, 0.1) is 12.2 Å². The van der Waals surface area contributed by atoms with E-state index in [0.29, 0.717) is 6.54 Å². The van der Waals surface area contributed by atoms with Gasteiger partial charge in [-0.3, -0.25) is 9.78 Å². The molecule has 0 spiro atoms. The molecule has 1 unspecified atom stereocenters. The molecular formula is C16H16N2O2. The Morgan fingerprint density at radius 2 is 2.20 bits per heavy atom. The summed E-state index contributed by atoms with van der Waals surface area (Å²) in [6, 6.07) is 9.74. The van der Waals surface area contributed by atoms with E-state index in [1.165, 1.54) is 0 Å². The minimum absolute atomic E-state index is 0.0213. The zero-order chi connectivity index (χ0) is 14.1. The van der Waals surface area contributed by atoms with Gasteiger partial charge in [-0.25, -0.2) is 0 Å². The number of rotatable bonds is 2. The van der Waals surface area contributed by atoms with E-state index in [-0.39, 0.29) is 5.91 Å². The van der Waals surface area contributed by atoms with E-state index in [0.717, 1.165) is 22.6 Å². The van der Waals surface area contributed by atoms with Crippen LogP contribution in [0.1, 0.15) is 18.1 Å². The Morgan fingerprint density at radius 3 is 2.95 bits per heavy atom. The second-order valence-electron chi connectivity index (χ2n) is 5.02. The third kappa shape index (κ3) is 2.25. The van der Waals surface area contributed by atoms with Gasteiger partial charge in [0.25, 0.3) is 5.91 Å². The summed E-state index contributed by atoms with van der Waals surface area (Å²) in [6.45, 7) is 4.29. The van der Waals surface area contributed by atoms with Crippen molar-refractivity contribution >= 4 is 11.6 Å². The van der Waals surface area contributed by atoms with Crippen molar-refractivity contribution in [2.75, 3.05) is 4.90 Å². The summed E-state index contributed by atoms with van der Waals surface area (Å²) in [5.74, 6) is 0.735. The lowest BCUT2D eigenvalue weighted by molar-refractivity contribution is -0.125. The average molecular weight is 268 g/mol. The Balaban J connectivity index is 2.00. The van der Waals surface area contributed by atoms with Crippen molar-refractivity contribution in [3.63, 3.8) is 0 Å². The molecule has 0 radical (unpaired) electrons. The lowest BCUT2D eigenvalue weighted by atomic mass is 10.1. The molecule has 1 aromatic carbocycles. The highest BCUT2D eigenvalue weighted by Crippen LogP contribution is 2.35. The van der Waals surface area contributed by atoms with Gasteiger partial charge in [0.2, 0.25) is 0 Å². The molecule has 0 saturated carbocycles. The normalized spacial score (nSPS) is 17.6. The van der Waals surface area contributed by atoms with Gasteiger partial charge in [-0.2, -0.15) is 0 Å². The van der Waals surface area contributed by atoms with E-state index >= 15 is 0 Å². The van der Waals surface area contributed by atoms with E-state index in [1.807, 2.05) is 37.3 Å². The highest BCUT2D eigenvalue weighted by Gasteiger charge is 2.31. The van der Waals surface area contributed by atoms with Crippen molar-refractivity contribution in [3.8, 4) is 5.75 Å². The molecule has 3 rings (SSSR count). The van der Waals surface area contributed by atoms with Crippen LogP contribution in [-0.4, -0.2) is 17.0 Å². The molecule has 0 saturated heterocycles. The van der Waals surface area contributed by atoms with Crippen molar-refractivity contribution in [2.24, 2.45) is 0 Å². The highest BCUT2D eigenvalue weighted by molar-refractivity contribution is 5.99. The molecule has 2 aromatic rings. The first-order valence-electron chi connectivity index (χ1n) is 6.63. The van der Waals surface area contributed by atoms with Crippen LogP contribution in [0.15, 0.2) is 42.7 Å². The van der Waals surface area contributed by atoms with Gasteiger partial charge in [-0.1, -0.05) is 12.1 Å². The van der Waals surface area contributed by atoms with E-state index in [9.17, 15) is 4.79 Å². The Kier molecular flexibility index (Phi) is 3.14. The van der Waals surface area contributed by atoms with Gasteiger partial charge in [0, 0.05) is 12.4 Å². The molecule has 4 nitrogen and oxygen atoms in total. The summed E-state index contributed by atoms with van der Waals surface area (Å²) in [5, 5.41) is 0. The number of aromatic nitrogens is 1. The first-order valence-corrected chi connectivity index (χ1v) is 6.63. The van der Waals surface area contributed by atoms with Crippen molar-refractivity contribution < 1.29 is 9.53 Å². The van der Waals surface area contributed by atoms with Crippen LogP contribution in [0.3, 0.4) is 0 Å². The Morgan fingerprint density at radius 1 is 1.35 bits per heavy atom. The summed E-state index contributed by atoms with van der Waals surface area (Å²) in [6.07, 6.45) is 3.05. The topological polar surface area (TPSA) is 42.4 Å². The number of carbonyl (C=O) groups is 1. The number of hydrogen-bond acceptors (Lipinski definition) is 3. The number of aryl methyl sites for hydroxylation is 1. The second kappa shape index (κ2) is 4.96. The maximum atomic E-state index is 12.4. The number of pyridine rings is 1.